The van der Waals surface area contributed by atoms with E-state index in [0.717, 1.165) is 5.56 Å². The van der Waals surface area contributed by atoms with Gasteiger partial charge >= 0.3 is 11.8 Å². The first-order valence-electron chi connectivity index (χ1n) is 10.4. The van der Waals surface area contributed by atoms with Gasteiger partial charge in [-0.15, -0.1) is 0 Å². The summed E-state index contributed by atoms with van der Waals surface area (Å²) >= 11 is 6.08. The second kappa shape index (κ2) is 12.2. The van der Waals surface area contributed by atoms with Crippen LogP contribution in [0.25, 0.3) is 0 Å². The second-order valence-electron chi connectivity index (χ2n) is 7.22. The van der Waals surface area contributed by atoms with Gasteiger partial charge in [0.2, 0.25) is 0 Å². The van der Waals surface area contributed by atoms with Crippen molar-refractivity contribution in [2.45, 2.75) is 6.92 Å². The Balaban J connectivity index is 1.53. The topological polar surface area (TPSA) is 118 Å². The number of anilines is 2. The molecule has 0 fully saturated rings. The number of hydrogen-bond donors (Lipinski definition) is 3. The van der Waals surface area contributed by atoms with Crippen molar-refractivity contribution in [3.63, 3.8) is 0 Å². The first-order chi connectivity index (χ1) is 16.9. The number of rotatable bonds is 8. The molecule has 3 aromatic carbocycles. The molecule has 180 valence electrons. The zero-order chi connectivity index (χ0) is 25.2. The number of aryl methyl sites for hydroxylation is 1. The third-order valence-electron chi connectivity index (χ3n) is 4.64. The summed E-state index contributed by atoms with van der Waals surface area (Å²) in [5.74, 6) is -1.33. The Morgan fingerprint density at radius 3 is 2.49 bits per heavy atom. The average molecular weight is 495 g/mol. The predicted molar refractivity (Wildman–Crippen MR) is 134 cm³/mol. The molecule has 3 N–H and O–H groups in total. The maximum Gasteiger partial charge on any atom is 0.329 e. The van der Waals surface area contributed by atoms with Crippen LogP contribution < -0.4 is 25.5 Å². The number of benzene rings is 3. The lowest BCUT2D eigenvalue weighted by Gasteiger charge is -2.10. The average Bonchev–Trinajstić information content (AvgIpc) is 2.85. The Morgan fingerprint density at radius 1 is 0.943 bits per heavy atom. The number of amides is 3. The van der Waals surface area contributed by atoms with Crippen molar-refractivity contribution in [3.8, 4) is 11.5 Å². The van der Waals surface area contributed by atoms with Crippen molar-refractivity contribution in [1.82, 2.24) is 5.43 Å². The highest BCUT2D eigenvalue weighted by Crippen LogP contribution is 2.20. The molecule has 0 unspecified atom stereocenters. The van der Waals surface area contributed by atoms with Crippen LogP contribution in [0.3, 0.4) is 0 Å². The molecule has 0 bridgehead atoms. The first kappa shape index (κ1) is 25.3. The molecule has 3 aromatic rings. The molecule has 0 heterocycles. The number of hydrogen-bond acceptors (Lipinski definition) is 6. The molecular formula is C25H23ClN4O5. The highest BCUT2D eigenvalue weighted by atomic mass is 35.5. The lowest BCUT2D eigenvalue weighted by atomic mass is 10.2. The number of methoxy groups -OCH3 is 1. The van der Waals surface area contributed by atoms with E-state index < -0.39 is 11.8 Å². The van der Waals surface area contributed by atoms with Gasteiger partial charge in [0.1, 0.15) is 11.5 Å². The number of nitrogens with one attached hydrogen (secondary N) is 3. The number of para-hydroxylation sites is 1. The fourth-order valence-corrected chi connectivity index (χ4v) is 3.01. The Kier molecular flexibility index (Phi) is 8.80. The number of carbonyl (C=O) groups excluding carboxylic acids is 3. The zero-order valence-corrected chi connectivity index (χ0v) is 19.8. The van der Waals surface area contributed by atoms with E-state index in [4.69, 9.17) is 21.1 Å². The molecule has 0 radical (unpaired) electrons. The number of ether oxygens (including phenoxy) is 2. The fourth-order valence-electron chi connectivity index (χ4n) is 2.83. The van der Waals surface area contributed by atoms with Crippen LogP contribution in [0.1, 0.15) is 11.1 Å². The maximum absolute atomic E-state index is 12.2. The van der Waals surface area contributed by atoms with Crippen LogP contribution in [-0.2, 0) is 14.4 Å². The van der Waals surface area contributed by atoms with Gasteiger partial charge in [-0.25, -0.2) is 5.43 Å². The lowest BCUT2D eigenvalue weighted by molar-refractivity contribution is -0.136. The molecule has 0 saturated carbocycles. The van der Waals surface area contributed by atoms with Crippen LogP contribution in [0.4, 0.5) is 11.4 Å². The van der Waals surface area contributed by atoms with Crippen molar-refractivity contribution in [3.05, 3.63) is 82.9 Å². The van der Waals surface area contributed by atoms with Gasteiger partial charge in [-0.1, -0.05) is 35.9 Å². The van der Waals surface area contributed by atoms with Crippen LogP contribution in [0.2, 0.25) is 5.02 Å². The van der Waals surface area contributed by atoms with E-state index in [1.165, 1.54) is 13.3 Å². The molecule has 0 aromatic heterocycles. The standard InChI is InChI=1S/C25H23ClN4O5/c1-16-10-11-19(13-21(16)26)28-23(31)15-35-22-9-4-3-6-17(22)14-27-30-25(33)24(32)29-18-7-5-8-20(12-18)34-2/h3-14H,15H2,1-2H3,(H,28,31)(H,29,32)(H,30,33)/b27-14-. The van der Waals surface area contributed by atoms with Gasteiger partial charge in [0.15, 0.2) is 6.61 Å². The lowest BCUT2D eigenvalue weighted by Crippen LogP contribution is -2.32. The van der Waals surface area contributed by atoms with Gasteiger partial charge in [0.05, 0.1) is 13.3 Å². The number of nitrogens with zero attached hydrogens (tertiary/aromatic N) is 1. The number of carbonyl (C=O) groups is 3. The summed E-state index contributed by atoms with van der Waals surface area (Å²) in [6, 6.07) is 18.6. The molecule has 10 heteroatoms. The Morgan fingerprint density at radius 2 is 1.71 bits per heavy atom. The second-order valence-corrected chi connectivity index (χ2v) is 7.63. The summed E-state index contributed by atoms with van der Waals surface area (Å²) in [6.07, 6.45) is 1.31. The quantitative estimate of drug-likeness (QED) is 0.250. The van der Waals surface area contributed by atoms with E-state index in [9.17, 15) is 14.4 Å². The van der Waals surface area contributed by atoms with E-state index in [1.54, 1.807) is 66.7 Å². The Labute approximate surface area is 207 Å². The van der Waals surface area contributed by atoms with E-state index in [2.05, 4.69) is 21.2 Å². The minimum Gasteiger partial charge on any atom is -0.497 e. The minimum absolute atomic E-state index is 0.258. The SMILES string of the molecule is COc1cccc(NC(=O)C(=O)N/N=C\c2ccccc2OCC(=O)Nc2ccc(C)c(Cl)c2)c1. The maximum atomic E-state index is 12.2. The van der Waals surface area contributed by atoms with Crippen LogP contribution in [0.15, 0.2) is 71.8 Å². The highest BCUT2D eigenvalue weighted by molar-refractivity contribution is 6.39. The largest absolute Gasteiger partial charge is 0.497 e. The van der Waals surface area contributed by atoms with Gasteiger partial charge in [-0.05, 0) is 48.9 Å². The van der Waals surface area contributed by atoms with Crippen molar-refractivity contribution in [2.24, 2.45) is 5.10 Å². The summed E-state index contributed by atoms with van der Waals surface area (Å²) < 4.78 is 10.7. The molecule has 0 spiro atoms. The van der Waals surface area contributed by atoms with E-state index in [0.29, 0.717) is 33.5 Å². The smallest absolute Gasteiger partial charge is 0.329 e. The molecule has 0 aliphatic carbocycles. The number of halogens is 1. The van der Waals surface area contributed by atoms with Crippen molar-refractivity contribution >= 4 is 46.9 Å². The number of hydrazone groups is 1. The van der Waals surface area contributed by atoms with Gasteiger partial charge in [0.25, 0.3) is 5.91 Å². The molecule has 3 amide bonds. The summed E-state index contributed by atoms with van der Waals surface area (Å²) in [4.78, 5) is 36.4. The molecular weight excluding hydrogens is 472 g/mol. The molecule has 0 aliphatic heterocycles. The van der Waals surface area contributed by atoms with E-state index >= 15 is 0 Å². The molecule has 3 rings (SSSR count). The Hall–Kier alpha value is -4.37. The van der Waals surface area contributed by atoms with Crippen LogP contribution in [-0.4, -0.2) is 37.7 Å². The van der Waals surface area contributed by atoms with Gasteiger partial charge in [0, 0.05) is 28.0 Å². The summed E-state index contributed by atoms with van der Waals surface area (Å²) in [7, 11) is 1.50. The molecule has 0 saturated heterocycles. The highest BCUT2D eigenvalue weighted by Gasteiger charge is 2.13. The fraction of sp³-hybridized carbons (Fsp3) is 0.120. The van der Waals surface area contributed by atoms with Crippen molar-refractivity contribution in [1.29, 1.82) is 0 Å². The summed E-state index contributed by atoms with van der Waals surface area (Å²) in [5, 5.41) is 9.51. The van der Waals surface area contributed by atoms with Crippen molar-refractivity contribution < 1.29 is 23.9 Å². The van der Waals surface area contributed by atoms with Crippen LogP contribution in [0.5, 0.6) is 11.5 Å². The van der Waals surface area contributed by atoms with Crippen LogP contribution >= 0.6 is 11.6 Å². The van der Waals surface area contributed by atoms with Gasteiger partial charge < -0.3 is 20.1 Å². The third kappa shape index (κ3) is 7.58. The molecule has 0 atom stereocenters. The molecule has 0 aliphatic rings. The van der Waals surface area contributed by atoms with Gasteiger partial charge in [-0.2, -0.15) is 5.10 Å². The predicted octanol–water partition coefficient (Wildman–Crippen LogP) is 3.76. The molecule has 9 nitrogen and oxygen atoms in total. The summed E-state index contributed by atoms with van der Waals surface area (Å²) in [6.45, 7) is 1.61. The van der Waals surface area contributed by atoms with E-state index in [1.807, 2.05) is 6.92 Å². The van der Waals surface area contributed by atoms with E-state index in [-0.39, 0.29) is 12.5 Å². The Bertz CT molecular complexity index is 1260. The minimum atomic E-state index is -0.960. The van der Waals surface area contributed by atoms with Crippen LogP contribution in [0, 0.1) is 6.92 Å². The third-order valence-corrected chi connectivity index (χ3v) is 5.04. The van der Waals surface area contributed by atoms with Gasteiger partial charge in [-0.3, -0.25) is 14.4 Å². The molecule has 35 heavy (non-hydrogen) atoms. The summed E-state index contributed by atoms with van der Waals surface area (Å²) in [5.41, 5.74) is 4.50. The normalized spacial score (nSPS) is 10.5. The zero-order valence-electron chi connectivity index (χ0n) is 19.0. The monoisotopic (exact) mass is 494 g/mol. The first-order valence-corrected chi connectivity index (χ1v) is 10.8. The van der Waals surface area contributed by atoms with Crippen molar-refractivity contribution in [2.75, 3.05) is 24.4 Å².